The lowest BCUT2D eigenvalue weighted by atomic mass is 9.94. The van der Waals surface area contributed by atoms with Crippen LogP contribution in [0.15, 0.2) is 35.4 Å². The van der Waals surface area contributed by atoms with Crippen molar-refractivity contribution in [3.05, 3.63) is 47.5 Å². The van der Waals surface area contributed by atoms with Crippen molar-refractivity contribution >= 4 is 37.9 Å². The number of pyridine rings is 1. The second-order valence-electron chi connectivity index (χ2n) is 11.6. The average molecular weight is 597 g/mol. The highest BCUT2D eigenvalue weighted by atomic mass is 32.2. The lowest BCUT2D eigenvalue weighted by Crippen LogP contribution is -2.48. The van der Waals surface area contributed by atoms with E-state index in [0.717, 1.165) is 6.26 Å². The van der Waals surface area contributed by atoms with Crippen molar-refractivity contribution in [1.29, 1.82) is 5.26 Å². The van der Waals surface area contributed by atoms with E-state index in [1.54, 1.807) is 38.4 Å². The molecule has 1 fully saturated rings. The van der Waals surface area contributed by atoms with Crippen LogP contribution in [0.4, 0.5) is 13.6 Å². The van der Waals surface area contributed by atoms with Crippen molar-refractivity contribution in [1.82, 2.24) is 24.9 Å². The number of nitriles is 1. The number of hydrogen-bond acceptors (Lipinski definition) is 8. The molecule has 1 aliphatic heterocycles. The van der Waals surface area contributed by atoms with E-state index in [9.17, 15) is 22.9 Å². The van der Waals surface area contributed by atoms with Crippen LogP contribution in [-0.4, -0.2) is 63.8 Å². The van der Waals surface area contributed by atoms with Crippen LogP contribution in [0.25, 0.3) is 33.1 Å². The summed E-state index contributed by atoms with van der Waals surface area (Å²) in [5, 5.41) is 17.9. The third kappa shape index (κ3) is 5.38. The minimum Gasteiger partial charge on any atom is -0.444 e. The number of carbonyl (C=O) groups excluding carboxylic acids is 1. The summed E-state index contributed by atoms with van der Waals surface area (Å²) in [4.78, 5) is 18.7. The smallest absolute Gasteiger partial charge is 0.410 e. The second-order valence-corrected chi connectivity index (χ2v) is 13.5. The predicted molar refractivity (Wildman–Crippen MR) is 151 cm³/mol. The number of ether oxygens (including phenoxy) is 1. The van der Waals surface area contributed by atoms with Gasteiger partial charge < -0.3 is 9.64 Å². The molecule has 0 spiro atoms. The number of aryl methyl sites for hydroxylation is 1. The molecule has 10 nitrogen and oxygen atoms in total. The van der Waals surface area contributed by atoms with Gasteiger partial charge in [0, 0.05) is 23.8 Å². The van der Waals surface area contributed by atoms with Gasteiger partial charge in [0.25, 0.3) is 0 Å². The van der Waals surface area contributed by atoms with Gasteiger partial charge in [0.1, 0.15) is 22.5 Å². The molecule has 0 radical (unpaired) electrons. The van der Waals surface area contributed by atoms with Gasteiger partial charge in [-0.1, -0.05) is 17.3 Å². The van der Waals surface area contributed by atoms with Gasteiger partial charge in [-0.2, -0.15) is 5.26 Å². The Hall–Kier alpha value is -4.18. The van der Waals surface area contributed by atoms with E-state index in [1.807, 2.05) is 0 Å². The quantitative estimate of drug-likeness (QED) is 0.302. The monoisotopic (exact) mass is 596 g/mol. The molecule has 42 heavy (non-hydrogen) atoms. The molecule has 0 aliphatic carbocycles. The molecule has 220 valence electrons. The number of nitrogens with zero attached hydrogens (tertiary/aromatic N) is 6. The van der Waals surface area contributed by atoms with E-state index in [-0.39, 0.29) is 35.6 Å². The molecule has 2 atom stereocenters. The van der Waals surface area contributed by atoms with Crippen molar-refractivity contribution in [2.75, 3.05) is 12.8 Å². The molecule has 2 aromatic heterocycles. The number of fused-ring (bicyclic) bond motifs is 3. The molecule has 1 amide bonds. The first-order chi connectivity index (χ1) is 19.7. The number of rotatable bonds is 4. The normalized spacial score (nSPS) is 17.9. The number of sulfone groups is 1. The van der Waals surface area contributed by atoms with E-state index in [0.29, 0.717) is 34.9 Å². The van der Waals surface area contributed by atoms with Gasteiger partial charge in [0.15, 0.2) is 26.2 Å². The number of halogens is 2. The van der Waals surface area contributed by atoms with E-state index >= 15 is 4.39 Å². The number of amides is 1. The second kappa shape index (κ2) is 10.6. The standard InChI is InChI=1S/C29H30F2N6O4S/c1-16-14-21-24(23(31)22(16)17-6-8-18(30)9-7-17)33-27(42(5,39)40)25-26(21)37(35-34-25)20-11-13-36(19(15-20)10-12-32)28(38)41-29(2,3)4/h6-9,14,19-20H,10-11,13,15H2,1-5H3/t19-,20+/m1/s1. The average Bonchev–Trinajstić information content (AvgIpc) is 3.33. The molecular weight excluding hydrogens is 566 g/mol. The van der Waals surface area contributed by atoms with Gasteiger partial charge in [0.05, 0.1) is 24.6 Å². The van der Waals surface area contributed by atoms with Crippen molar-refractivity contribution in [2.45, 2.75) is 69.7 Å². The SMILES string of the molecule is Cc1cc2c(nc(S(C)(=O)=O)c3nnn([C@H]4CCN(C(=O)OC(C)(C)C)[C@H](CC#N)C4)c32)c(F)c1-c1ccc(F)cc1. The van der Waals surface area contributed by atoms with Gasteiger partial charge in [0.2, 0.25) is 0 Å². The zero-order valence-electron chi connectivity index (χ0n) is 23.9. The summed E-state index contributed by atoms with van der Waals surface area (Å²) in [7, 11) is -3.96. The number of aromatic nitrogens is 4. The fourth-order valence-corrected chi connectivity index (χ4v) is 6.24. The van der Waals surface area contributed by atoms with Crippen LogP contribution in [0.1, 0.15) is 51.6 Å². The Morgan fingerprint density at radius 3 is 2.50 bits per heavy atom. The fourth-order valence-electron chi connectivity index (χ4n) is 5.50. The summed E-state index contributed by atoms with van der Waals surface area (Å²) in [5.74, 6) is -1.22. The highest BCUT2D eigenvalue weighted by Gasteiger charge is 2.37. The lowest BCUT2D eigenvalue weighted by Gasteiger charge is -2.39. The zero-order valence-corrected chi connectivity index (χ0v) is 24.7. The molecule has 4 aromatic rings. The number of likely N-dealkylation sites (tertiary alicyclic amines) is 1. The first-order valence-electron chi connectivity index (χ1n) is 13.4. The Labute approximate surface area is 241 Å². The molecule has 0 bridgehead atoms. The first kappa shape index (κ1) is 29.3. The Balaban J connectivity index is 1.67. The third-order valence-corrected chi connectivity index (χ3v) is 8.26. The van der Waals surface area contributed by atoms with Crippen LogP contribution in [0.3, 0.4) is 0 Å². The van der Waals surface area contributed by atoms with E-state index in [1.165, 1.54) is 29.2 Å². The maximum atomic E-state index is 16.2. The van der Waals surface area contributed by atoms with Gasteiger partial charge in [-0.3, -0.25) is 0 Å². The summed E-state index contributed by atoms with van der Waals surface area (Å²) in [6.07, 6.45) is 1.22. The van der Waals surface area contributed by atoms with Crippen LogP contribution in [-0.2, 0) is 14.6 Å². The Morgan fingerprint density at radius 2 is 1.88 bits per heavy atom. The van der Waals surface area contributed by atoms with Crippen LogP contribution < -0.4 is 0 Å². The first-order valence-corrected chi connectivity index (χ1v) is 15.3. The van der Waals surface area contributed by atoms with E-state index in [2.05, 4.69) is 21.4 Å². The number of hydrogen-bond donors (Lipinski definition) is 0. The maximum absolute atomic E-state index is 16.2. The van der Waals surface area contributed by atoms with Gasteiger partial charge in [-0.15, -0.1) is 5.10 Å². The summed E-state index contributed by atoms with van der Waals surface area (Å²) in [6, 6.07) is 8.28. The van der Waals surface area contributed by atoms with Gasteiger partial charge in [-0.25, -0.2) is 31.7 Å². The van der Waals surface area contributed by atoms with Gasteiger partial charge in [-0.05, 0) is 69.9 Å². The fraction of sp³-hybridized carbons (Fsp3) is 0.414. The summed E-state index contributed by atoms with van der Waals surface area (Å²) < 4.78 is 62.6. The van der Waals surface area contributed by atoms with Gasteiger partial charge >= 0.3 is 6.09 Å². The van der Waals surface area contributed by atoms with Crippen LogP contribution in [0.5, 0.6) is 0 Å². The summed E-state index contributed by atoms with van der Waals surface area (Å²) >= 11 is 0. The molecule has 0 saturated carbocycles. The zero-order chi connectivity index (χ0) is 30.6. The Bertz CT molecular complexity index is 1860. The van der Waals surface area contributed by atoms with Crippen LogP contribution >= 0.6 is 0 Å². The van der Waals surface area contributed by atoms with Crippen molar-refractivity contribution < 1.29 is 26.7 Å². The minimum atomic E-state index is -3.96. The number of carbonyl (C=O) groups is 1. The minimum absolute atomic E-state index is 0.00439. The number of piperidine rings is 1. The van der Waals surface area contributed by atoms with Crippen LogP contribution in [0.2, 0.25) is 0 Å². The van der Waals surface area contributed by atoms with Crippen molar-refractivity contribution in [3.63, 3.8) is 0 Å². The van der Waals surface area contributed by atoms with Crippen LogP contribution in [0, 0.1) is 29.9 Å². The third-order valence-electron chi connectivity index (χ3n) is 7.28. The molecule has 5 rings (SSSR count). The summed E-state index contributed by atoms with van der Waals surface area (Å²) in [5.41, 5.74) is 0.511. The Morgan fingerprint density at radius 1 is 1.19 bits per heavy atom. The van der Waals surface area contributed by atoms with E-state index in [4.69, 9.17) is 4.74 Å². The maximum Gasteiger partial charge on any atom is 0.410 e. The topological polar surface area (TPSA) is 131 Å². The molecular formula is C29H30F2N6O4S. The molecule has 1 saturated heterocycles. The van der Waals surface area contributed by atoms with E-state index < -0.39 is 44.2 Å². The molecule has 2 aromatic carbocycles. The lowest BCUT2D eigenvalue weighted by molar-refractivity contribution is 0.00556. The van der Waals surface area contributed by atoms with Crippen molar-refractivity contribution in [3.8, 4) is 17.2 Å². The van der Waals surface area contributed by atoms with Crippen molar-refractivity contribution in [2.24, 2.45) is 0 Å². The molecule has 1 aliphatic rings. The highest BCUT2D eigenvalue weighted by Crippen LogP contribution is 2.39. The molecule has 3 heterocycles. The molecule has 0 unspecified atom stereocenters. The predicted octanol–water partition coefficient (Wildman–Crippen LogP) is 5.49. The largest absolute Gasteiger partial charge is 0.444 e. The number of benzene rings is 2. The Kier molecular flexibility index (Phi) is 7.39. The highest BCUT2D eigenvalue weighted by molar-refractivity contribution is 7.90. The summed E-state index contributed by atoms with van der Waals surface area (Å²) in [6.45, 7) is 7.25. The molecule has 13 heteroatoms. The molecule has 0 N–H and O–H groups in total.